The largest absolute Gasteiger partial charge is 0.383 e. The Labute approximate surface area is 284 Å². The minimum atomic E-state index is 0.0341. The van der Waals surface area contributed by atoms with E-state index < -0.39 is 0 Å². The van der Waals surface area contributed by atoms with E-state index in [2.05, 4.69) is 10.6 Å². The normalized spacial score (nSPS) is 18.4. The molecule has 0 saturated heterocycles. The number of allylic oxidation sites excluding steroid dienone is 10. The standard InChI is InChI=1S/C40H46N6O2/c47-39(33-17-5-1-6-18-33)45-29-13-25-41-35-21-9-3-11-23-37(35)43-27-15-31-46(40(48)34-19-7-2-8-20-34)32-16-28-44-38-24-12-4-10-22-36(38)42-26-14-30-45/h1-12,17-24,41-42H,13-16,25-32H2. The van der Waals surface area contributed by atoms with Gasteiger partial charge < -0.3 is 20.4 Å². The summed E-state index contributed by atoms with van der Waals surface area (Å²) in [5, 5.41) is 7.13. The molecular formula is C40H46N6O2. The molecule has 0 fully saturated rings. The van der Waals surface area contributed by atoms with Crippen LogP contribution in [-0.4, -0.2) is 85.4 Å². The fourth-order valence-electron chi connectivity index (χ4n) is 5.71. The molecule has 2 aromatic rings. The van der Waals surface area contributed by atoms with Crippen LogP contribution in [0.3, 0.4) is 0 Å². The van der Waals surface area contributed by atoms with Gasteiger partial charge in [0, 0.05) is 63.5 Å². The van der Waals surface area contributed by atoms with Gasteiger partial charge >= 0.3 is 0 Å². The Morgan fingerprint density at radius 2 is 0.938 bits per heavy atom. The number of aliphatic imine (C=N–C) groups is 2. The molecule has 0 unspecified atom stereocenters. The first kappa shape index (κ1) is 34.1. The first-order valence-corrected chi connectivity index (χ1v) is 17.0. The van der Waals surface area contributed by atoms with Crippen molar-refractivity contribution in [3.8, 4) is 0 Å². The third-order valence-electron chi connectivity index (χ3n) is 8.22. The third kappa shape index (κ3) is 10.4. The van der Waals surface area contributed by atoms with Crippen LogP contribution in [-0.2, 0) is 0 Å². The predicted octanol–water partition coefficient (Wildman–Crippen LogP) is 5.93. The van der Waals surface area contributed by atoms with Crippen LogP contribution in [0.25, 0.3) is 0 Å². The van der Waals surface area contributed by atoms with E-state index in [9.17, 15) is 9.59 Å². The second-order valence-corrected chi connectivity index (χ2v) is 11.8. The predicted molar refractivity (Wildman–Crippen MR) is 196 cm³/mol. The van der Waals surface area contributed by atoms with Crippen molar-refractivity contribution >= 4 is 23.2 Å². The van der Waals surface area contributed by atoms with E-state index in [1.54, 1.807) is 0 Å². The van der Waals surface area contributed by atoms with E-state index in [4.69, 9.17) is 9.98 Å². The molecule has 0 atom stereocenters. The molecule has 0 spiro atoms. The molecule has 8 nitrogen and oxygen atoms in total. The summed E-state index contributed by atoms with van der Waals surface area (Å²) in [5.41, 5.74) is 5.08. The summed E-state index contributed by atoms with van der Waals surface area (Å²) in [6.45, 7) is 5.08. The van der Waals surface area contributed by atoms with E-state index in [0.717, 1.165) is 48.5 Å². The average Bonchev–Trinajstić information content (AvgIpc) is 3.50. The summed E-state index contributed by atoms with van der Waals surface area (Å²) in [4.78, 5) is 40.8. The van der Waals surface area contributed by atoms with Crippen molar-refractivity contribution in [3.63, 3.8) is 0 Å². The summed E-state index contributed by atoms with van der Waals surface area (Å²) in [7, 11) is 0. The van der Waals surface area contributed by atoms with E-state index in [1.165, 1.54) is 0 Å². The Morgan fingerprint density at radius 1 is 0.521 bits per heavy atom. The topological polar surface area (TPSA) is 89.4 Å². The maximum Gasteiger partial charge on any atom is 0.253 e. The van der Waals surface area contributed by atoms with Crippen molar-refractivity contribution in [2.45, 2.75) is 25.7 Å². The molecule has 0 aromatic heterocycles. The molecular weight excluding hydrogens is 596 g/mol. The van der Waals surface area contributed by atoms with Crippen molar-refractivity contribution in [1.82, 2.24) is 20.4 Å². The highest BCUT2D eigenvalue weighted by Crippen LogP contribution is 2.11. The molecule has 2 aliphatic carbocycles. The maximum absolute atomic E-state index is 13.5. The van der Waals surface area contributed by atoms with E-state index >= 15 is 0 Å². The summed E-state index contributed by atoms with van der Waals surface area (Å²) in [5.74, 6) is 0.0835. The number of amides is 2. The van der Waals surface area contributed by atoms with Crippen molar-refractivity contribution in [3.05, 3.63) is 144 Å². The number of carbonyl (C=O) groups is 2. The highest BCUT2D eigenvalue weighted by molar-refractivity contribution is 6.09. The zero-order chi connectivity index (χ0) is 33.2. The molecule has 248 valence electrons. The second kappa shape index (κ2) is 18.8. The lowest BCUT2D eigenvalue weighted by molar-refractivity contribution is 0.0745. The molecule has 2 aromatic carbocycles. The van der Waals surface area contributed by atoms with Crippen LogP contribution >= 0.6 is 0 Å². The van der Waals surface area contributed by atoms with Crippen LogP contribution in [0.5, 0.6) is 0 Å². The average molecular weight is 643 g/mol. The molecule has 0 radical (unpaired) electrons. The van der Waals surface area contributed by atoms with Gasteiger partial charge in [0.05, 0.1) is 22.8 Å². The lowest BCUT2D eigenvalue weighted by Crippen LogP contribution is -2.36. The van der Waals surface area contributed by atoms with Gasteiger partial charge in [-0.05, 0) is 74.3 Å². The molecule has 1 heterocycles. The highest BCUT2D eigenvalue weighted by atomic mass is 16.2. The lowest BCUT2D eigenvalue weighted by Gasteiger charge is -2.24. The quantitative estimate of drug-likeness (QED) is 0.426. The van der Waals surface area contributed by atoms with Gasteiger partial charge in [0.2, 0.25) is 0 Å². The molecule has 0 saturated carbocycles. The zero-order valence-electron chi connectivity index (χ0n) is 27.6. The number of benzene rings is 2. The maximum atomic E-state index is 13.5. The van der Waals surface area contributed by atoms with Gasteiger partial charge in [0.1, 0.15) is 0 Å². The van der Waals surface area contributed by atoms with Crippen molar-refractivity contribution in [2.24, 2.45) is 9.98 Å². The highest BCUT2D eigenvalue weighted by Gasteiger charge is 2.17. The van der Waals surface area contributed by atoms with Gasteiger partial charge in [0.15, 0.2) is 0 Å². The monoisotopic (exact) mass is 642 g/mol. The Kier molecular flexibility index (Phi) is 13.4. The Morgan fingerprint density at radius 3 is 1.38 bits per heavy atom. The first-order chi connectivity index (χ1) is 23.7. The van der Waals surface area contributed by atoms with Crippen LogP contribution in [0.1, 0.15) is 46.4 Å². The SMILES string of the molecule is O=C(c1ccccc1)N1CCCN=C2C=CC=CC=C2NCCCN(C(=O)c2ccccc2)CCCNC2=CC=CC=CC2=NCCC1. The minimum Gasteiger partial charge on any atom is -0.383 e. The molecule has 2 amide bonds. The number of fused-ring (bicyclic) bond motifs is 2. The fraction of sp³-hybridized carbons (Fsp3) is 0.300. The third-order valence-corrected chi connectivity index (χ3v) is 8.22. The van der Waals surface area contributed by atoms with Gasteiger partial charge in [-0.25, -0.2) is 0 Å². The Balaban J connectivity index is 1.33. The number of rotatable bonds is 2. The minimum absolute atomic E-state index is 0.0341. The second-order valence-electron chi connectivity index (χ2n) is 11.8. The fourth-order valence-corrected chi connectivity index (χ4v) is 5.71. The van der Waals surface area contributed by atoms with E-state index in [-0.39, 0.29) is 11.8 Å². The summed E-state index contributed by atoms with van der Waals surface area (Å²) in [6.07, 6.45) is 23.2. The Bertz CT molecular complexity index is 1550. The van der Waals surface area contributed by atoms with Gasteiger partial charge in [0.25, 0.3) is 11.8 Å². The summed E-state index contributed by atoms with van der Waals surface area (Å²) in [6, 6.07) is 19.0. The number of carbonyl (C=O) groups excluding carboxylic acids is 2. The van der Waals surface area contributed by atoms with Crippen LogP contribution in [0.15, 0.2) is 143 Å². The van der Waals surface area contributed by atoms with E-state index in [1.807, 2.05) is 131 Å². The molecule has 8 heteroatoms. The van der Waals surface area contributed by atoms with Crippen molar-refractivity contribution < 1.29 is 9.59 Å². The number of hydrogen-bond donors (Lipinski definition) is 2. The summed E-state index contributed by atoms with van der Waals surface area (Å²) < 4.78 is 0. The molecule has 3 aliphatic rings. The molecule has 48 heavy (non-hydrogen) atoms. The van der Waals surface area contributed by atoms with Crippen LogP contribution in [0.4, 0.5) is 0 Å². The number of hydrogen-bond acceptors (Lipinski definition) is 6. The van der Waals surface area contributed by atoms with Gasteiger partial charge in [-0.2, -0.15) is 0 Å². The van der Waals surface area contributed by atoms with Gasteiger partial charge in [-0.3, -0.25) is 19.6 Å². The van der Waals surface area contributed by atoms with Crippen LogP contribution in [0.2, 0.25) is 0 Å². The molecule has 1 aliphatic heterocycles. The van der Waals surface area contributed by atoms with Gasteiger partial charge in [-0.15, -0.1) is 0 Å². The molecule has 5 rings (SSSR count). The van der Waals surface area contributed by atoms with Crippen molar-refractivity contribution in [2.75, 3.05) is 52.4 Å². The molecule has 0 bridgehead atoms. The van der Waals surface area contributed by atoms with E-state index in [0.29, 0.717) is 63.5 Å². The smallest absolute Gasteiger partial charge is 0.253 e. The summed E-state index contributed by atoms with van der Waals surface area (Å²) >= 11 is 0. The van der Waals surface area contributed by atoms with Crippen LogP contribution in [0, 0.1) is 0 Å². The lowest BCUT2D eigenvalue weighted by atomic mass is 10.1. The van der Waals surface area contributed by atoms with Crippen molar-refractivity contribution in [1.29, 1.82) is 0 Å². The number of nitrogens with zero attached hydrogens (tertiary/aromatic N) is 4. The zero-order valence-corrected chi connectivity index (χ0v) is 27.6. The Hall–Kier alpha value is -5.24. The van der Waals surface area contributed by atoms with Gasteiger partial charge in [-0.1, -0.05) is 72.9 Å². The number of nitrogens with one attached hydrogen (secondary N) is 2. The molecule has 2 N–H and O–H groups in total. The van der Waals surface area contributed by atoms with Crippen LogP contribution < -0.4 is 10.6 Å². The first-order valence-electron chi connectivity index (χ1n) is 17.0.